The predicted octanol–water partition coefficient (Wildman–Crippen LogP) is 4.28. The fraction of sp³-hybridized carbons (Fsp3) is 0.400. The molecule has 2 aromatic rings. The van der Waals surface area contributed by atoms with E-state index >= 15 is 0 Å². The van der Waals surface area contributed by atoms with E-state index in [-0.39, 0.29) is 5.97 Å². The van der Waals surface area contributed by atoms with Crippen molar-refractivity contribution in [1.82, 2.24) is 4.98 Å². The van der Waals surface area contributed by atoms with E-state index < -0.39 is 5.60 Å². The van der Waals surface area contributed by atoms with Gasteiger partial charge in [0, 0.05) is 19.2 Å². The van der Waals surface area contributed by atoms with Gasteiger partial charge < -0.3 is 10.1 Å². The number of hydrogen-bond donors (Lipinski definition) is 1. The third-order valence-electron chi connectivity index (χ3n) is 3.57. The van der Waals surface area contributed by atoms with E-state index in [2.05, 4.69) is 35.4 Å². The minimum absolute atomic E-state index is 0.152. The maximum Gasteiger partial charge on any atom is 0.306 e. The molecule has 0 amide bonds. The Hall–Kier alpha value is -2.36. The number of esters is 1. The number of rotatable bonds is 6. The van der Waals surface area contributed by atoms with Crippen LogP contribution in [0.5, 0.6) is 0 Å². The van der Waals surface area contributed by atoms with Crippen LogP contribution in [0, 0.1) is 6.92 Å². The first-order valence-electron chi connectivity index (χ1n) is 8.29. The molecule has 0 spiro atoms. The number of aromatic nitrogens is 1. The highest BCUT2D eigenvalue weighted by atomic mass is 16.6. The molecule has 0 aliphatic carbocycles. The van der Waals surface area contributed by atoms with Crippen molar-refractivity contribution in [2.75, 3.05) is 5.32 Å². The van der Waals surface area contributed by atoms with E-state index in [1.54, 1.807) is 6.20 Å². The average Bonchev–Trinajstić information content (AvgIpc) is 2.51. The third-order valence-corrected chi connectivity index (χ3v) is 3.57. The smallest absolute Gasteiger partial charge is 0.306 e. The van der Waals surface area contributed by atoms with Crippen LogP contribution in [-0.2, 0) is 22.5 Å². The highest BCUT2D eigenvalue weighted by Crippen LogP contribution is 2.15. The van der Waals surface area contributed by atoms with Gasteiger partial charge in [-0.05, 0) is 62.9 Å². The fourth-order valence-corrected chi connectivity index (χ4v) is 2.40. The molecule has 2 rings (SSSR count). The zero-order valence-corrected chi connectivity index (χ0v) is 14.9. The quantitative estimate of drug-likeness (QED) is 0.805. The molecule has 0 radical (unpaired) electrons. The number of anilines is 1. The molecule has 0 saturated heterocycles. The first-order valence-corrected chi connectivity index (χ1v) is 8.29. The molecule has 0 fully saturated rings. The number of hydrogen-bond acceptors (Lipinski definition) is 4. The number of aryl methyl sites for hydroxylation is 2. The number of benzene rings is 1. The Morgan fingerprint density at radius 3 is 2.62 bits per heavy atom. The van der Waals surface area contributed by atoms with Crippen molar-refractivity contribution in [3.05, 3.63) is 59.3 Å². The van der Waals surface area contributed by atoms with Gasteiger partial charge in [0.05, 0.1) is 0 Å². The van der Waals surface area contributed by atoms with Crippen LogP contribution in [0.1, 0.15) is 43.9 Å². The summed E-state index contributed by atoms with van der Waals surface area (Å²) in [4.78, 5) is 16.1. The number of nitrogens with one attached hydrogen (secondary N) is 1. The Morgan fingerprint density at radius 1 is 1.21 bits per heavy atom. The molecule has 1 aromatic heterocycles. The lowest BCUT2D eigenvalue weighted by Gasteiger charge is -2.19. The van der Waals surface area contributed by atoms with Gasteiger partial charge in [0.25, 0.3) is 0 Å². The molecule has 4 heteroatoms. The van der Waals surface area contributed by atoms with Gasteiger partial charge in [-0.2, -0.15) is 0 Å². The topological polar surface area (TPSA) is 51.2 Å². The molecule has 0 saturated carbocycles. The van der Waals surface area contributed by atoms with Gasteiger partial charge in [-0.25, -0.2) is 4.98 Å². The summed E-state index contributed by atoms with van der Waals surface area (Å²) in [5.74, 6) is 0.715. The van der Waals surface area contributed by atoms with Crippen molar-refractivity contribution in [3.63, 3.8) is 0 Å². The maximum absolute atomic E-state index is 11.8. The molecule has 0 aliphatic rings. The standard InChI is InChI=1S/C20H26N2O2/c1-15-13-16(9-11-19(23)24-20(2,3)4)8-10-17(15)14-22-18-7-5-6-12-21-18/h5-8,10,12-13H,9,11,14H2,1-4H3,(H,21,22). The normalized spacial score (nSPS) is 11.2. The molecule has 1 N–H and O–H groups in total. The lowest BCUT2D eigenvalue weighted by Crippen LogP contribution is -2.24. The van der Waals surface area contributed by atoms with Crippen LogP contribution in [0.15, 0.2) is 42.6 Å². The summed E-state index contributed by atoms with van der Waals surface area (Å²) in [7, 11) is 0. The maximum atomic E-state index is 11.8. The fourth-order valence-electron chi connectivity index (χ4n) is 2.40. The minimum atomic E-state index is -0.423. The first-order chi connectivity index (χ1) is 11.3. The van der Waals surface area contributed by atoms with Gasteiger partial charge in [-0.15, -0.1) is 0 Å². The molecule has 0 bridgehead atoms. The number of nitrogens with zero attached hydrogens (tertiary/aromatic N) is 1. The van der Waals surface area contributed by atoms with E-state index in [0.29, 0.717) is 12.8 Å². The first kappa shape index (κ1) is 18.0. The van der Waals surface area contributed by atoms with Crippen LogP contribution in [0.3, 0.4) is 0 Å². The molecule has 1 aromatic carbocycles. The van der Waals surface area contributed by atoms with Crippen molar-refractivity contribution in [1.29, 1.82) is 0 Å². The van der Waals surface area contributed by atoms with Gasteiger partial charge >= 0.3 is 5.97 Å². The second-order valence-electron chi connectivity index (χ2n) is 6.92. The van der Waals surface area contributed by atoms with Gasteiger partial charge in [0.15, 0.2) is 0 Å². The predicted molar refractivity (Wildman–Crippen MR) is 96.9 cm³/mol. The molecule has 0 atom stereocenters. The second kappa shape index (κ2) is 7.95. The van der Waals surface area contributed by atoms with Gasteiger partial charge in [-0.3, -0.25) is 4.79 Å². The summed E-state index contributed by atoms with van der Waals surface area (Å²) < 4.78 is 5.35. The van der Waals surface area contributed by atoms with Crippen molar-refractivity contribution in [2.45, 2.75) is 52.7 Å². The monoisotopic (exact) mass is 326 g/mol. The highest BCUT2D eigenvalue weighted by molar-refractivity contribution is 5.70. The van der Waals surface area contributed by atoms with Gasteiger partial charge in [0.2, 0.25) is 0 Å². The van der Waals surface area contributed by atoms with Crippen LogP contribution in [-0.4, -0.2) is 16.6 Å². The lowest BCUT2D eigenvalue weighted by atomic mass is 10.0. The van der Waals surface area contributed by atoms with Crippen molar-refractivity contribution >= 4 is 11.8 Å². The molecule has 1 heterocycles. The largest absolute Gasteiger partial charge is 0.460 e. The molecule has 0 unspecified atom stereocenters. The van der Waals surface area contributed by atoms with Crippen molar-refractivity contribution < 1.29 is 9.53 Å². The number of pyridine rings is 1. The Balaban J connectivity index is 1.88. The summed E-state index contributed by atoms with van der Waals surface area (Å²) in [5.41, 5.74) is 3.16. The van der Waals surface area contributed by atoms with E-state index in [1.807, 2.05) is 39.0 Å². The third kappa shape index (κ3) is 6.03. The Bertz CT molecular complexity index is 676. The SMILES string of the molecule is Cc1cc(CCC(=O)OC(C)(C)C)ccc1CNc1ccccn1. The number of ether oxygens (including phenoxy) is 1. The van der Waals surface area contributed by atoms with Crippen LogP contribution in [0.25, 0.3) is 0 Å². The van der Waals surface area contributed by atoms with E-state index in [1.165, 1.54) is 11.1 Å². The minimum Gasteiger partial charge on any atom is -0.460 e. The summed E-state index contributed by atoms with van der Waals surface area (Å²) in [6, 6.07) is 12.1. The van der Waals surface area contributed by atoms with Crippen LogP contribution in [0.2, 0.25) is 0 Å². The molecule has 4 nitrogen and oxygen atoms in total. The summed E-state index contributed by atoms with van der Waals surface area (Å²) in [6.07, 6.45) is 2.88. The average molecular weight is 326 g/mol. The van der Waals surface area contributed by atoms with E-state index in [4.69, 9.17) is 4.74 Å². The van der Waals surface area contributed by atoms with Gasteiger partial charge in [-0.1, -0.05) is 24.3 Å². The van der Waals surface area contributed by atoms with Crippen LogP contribution >= 0.6 is 0 Å². The summed E-state index contributed by atoms with van der Waals surface area (Å²) >= 11 is 0. The molecule has 0 aliphatic heterocycles. The van der Waals surface area contributed by atoms with E-state index in [9.17, 15) is 4.79 Å². The van der Waals surface area contributed by atoms with Crippen LogP contribution in [0.4, 0.5) is 5.82 Å². The van der Waals surface area contributed by atoms with E-state index in [0.717, 1.165) is 17.9 Å². The Labute approximate surface area is 144 Å². The van der Waals surface area contributed by atoms with Crippen LogP contribution < -0.4 is 5.32 Å². The molecular weight excluding hydrogens is 300 g/mol. The lowest BCUT2D eigenvalue weighted by molar-refractivity contribution is -0.154. The number of carbonyl (C=O) groups is 1. The van der Waals surface area contributed by atoms with Crippen molar-refractivity contribution in [3.8, 4) is 0 Å². The Kier molecular flexibility index (Phi) is 5.96. The molecule has 24 heavy (non-hydrogen) atoms. The molecular formula is C20H26N2O2. The van der Waals surface area contributed by atoms with Gasteiger partial charge in [0.1, 0.15) is 11.4 Å². The molecule has 128 valence electrons. The van der Waals surface area contributed by atoms with Crippen molar-refractivity contribution in [2.24, 2.45) is 0 Å². The zero-order valence-electron chi connectivity index (χ0n) is 14.9. The second-order valence-corrected chi connectivity index (χ2v) is 6.92. The highest BCUT2D eigenvalue weighted by Gasteiger charge is 2.16. The zero-order chi connectivity index (χ0) is 17.6. The Morgan fingerprint density at radius 2 is 2.00 bits per heavy atom. The number of carbonyl (C=O) groups excluding carboxylic acids is 1. The summed E-state index contributed by atoms with van der Waals surface area (Å²) in [6.45, 7) is 8.48. The summed E-state index contributed by atoms with van der Waals surface area (Å²) in [5, 5.41) is 3.31.